The SMILES string of the molecule is C=C(C(=O)F)c1ccc(C)cc1. The highest BCUT2D eigenvalue weighted by atomic mass is 19.1. The van der Waals surface area contributed by atoms with Gasteiger partial charge in [-0.15, -0.1) is 0 Å². The normalized spacial score (nSPS) is 9.50. The molecule has 1 aromatic rings. The van der Waals surface area contributed by atoms with E-state index >= 15 is 0 Å². The molecule has 0 radical (unpaired) electrons. The van der Waals surface area contributed by atoms with Crippen LogP contribution in [0.25, 0.3) is 5.57 Å². The fraction of sp³-hybridized carbons (Fsp3) is 0.100. The molecule has 1 rings (SSSR count). The zero-order valence-corrected chi connectivity index (χ0v) is 6.80. The second kappa shape index (κ2) is 3.30. The molecule has 0 spiro atoms. The monoisotopic (exact) mass is 164 g/mol. The lowest BCUT2D eigenvalue weighted by atomic mass is 10.1. The van der Waals surface area contributed by atoms with Crippen LogP contribution in [-0.2, 0) is 4.79 Å². The Hall–Kier alpha value is -1.44. The van der Waals surface area contributed by atoms with Gasteiger partial charge in [-0.05, 0) is 12.5 Å². The van der Waals surface area contributed by atoms with Crippen molar-refractivity contribution in [1.82, 2.24) is 0 Å². The Kier molecular flexibility index (Phi) is 2.38. The van der Waals surface area contributed by atoms with Crippen molar-refractivity contribution in [3.63, 3.8) is 0 Å². The molecule has 0 heterocycles. The van der Waals surface area contributed by atoms with Gasteiger partial charge in [0.1, 0.15) is 0 Å². The second-order valence-corrected chi connectivity index (χ2v) is 2.62. The average Bonchev–Trinajstić information content (AvgIpc) is 2.04. The van der Waals surface area contributed by atoms with Gasteiger partial charge in [-0.25, -0.2) is 0 Å². The lowest BCUT2D eigenvalue weighted by molar-refractivity contribution is -0.123. The van der Waals surface area contributed by atoms with Gasteiger partial charge in [-0.3, -0.25) is 4.79 Å². The van der Waals surface area contributed by atoms with Crippen LogP contribution in [0.5, 0.6) is 0 Å². The largest absolute Gasteiger partial charge is 0.332 e. The second-order valence-electron chi connectivity index (χ2n) is 2.62. The minimum absolute atomic E-state index is 0.0880. The molecule has 0 unspecified atom stereocenters. The predicted octanol–water partition coefficient (Wildman–Crippen LogP) is 2.50. The van der Waals surface area contributed by atoms with Crippen LogP contribution in [-0.4, -0.2) is 6.04 Å². The summed E-state index contributed by atoms with van der Waals surface area (Å²) < 4.78 is 12.1. The topological polar surface area (TPSA) is 17.1 Å². The summed E-state index contributed by atoms with van der Waals surface area (Å²) >= 11 is 0. The summed E-state index contributed by atoms with van der Waals surface area (Å²) in [5, 5.41) is 0. The Bertz CT molecular complexity index is 311. The van der Waals surface area contributed by atoms with Crippen LogP contribution in [0.1, 0.15) is 11.1 Å². The molecule has 0 bridgehead atoms. The molecule has 62 valence electrons. The van der Waals surface area contributed by atoms with E-state index in [4.69, 9.17) is 0 Å². The van der Waals surface area contributed by atoms with Crippen LogP contribution >= 0.6 is 0 Å². The quantitative estimate of drug-likeness (QED) is 0.485. The van der Waals surface area contributed by atoms with E-state index in [1.54, 1.807) is 12.1 Å². The highest BCUT2D eigenvalue weighted by Gasteiger charge is 2.06. The van der Waals surface area contributed by atoms with Crippen molar-refractivity contribution >= 4 is 11.6 Å². The third kappa shape index (κ3) is 1.78. The van der Waals surface area contributed by atoms with Gasteiger partial charge >= 0.3 is 6.04 Å². The molecule has 12 heavy (non-hydrogen) atoms. The van der Waals surface area contributed by atoms with Crippen molar-refractivity contribution in [2.45, 2.75) is 6.92 Å². The summed E-state index contributed by atoms with van der Waals surface area (Å²) in [6, 6.07) is 5.50. The van der Waals surface area contributed by atoms with E-state index in [0.29, 0.717) is 5.56 Å². The number of hydrogen-bond donors (Lipinski definition) is 0. The van der Waals surface area contributed by atoms with Crippen molar-refractivity contribution in [2.75, 3.05) is 0 Å². The fourth-order valence-electron chi connectivity index (χ4n) is 0.868. The third-order valence-corrected chi connectivity index (χ3v) is 1.64. The van der Waals surface area contributed by atoms with Crippen LogP contribution < -0.4 is 0 Å². The van der Waals surface area contributed by atoms with Gasteiger partial charge in [0.05, 0.1) is 5.57 Å². The van der Waals surface area contributed by atoms with E-state index in [-0.39, 0.29) is 5.57 Å². The molecule has 1 nitrogen and oxygen atoms in total. The summed E-state index contributed by atoms with van der Waals surface area (Å²) in [5.74, 6) is 0. The molecular formula is C10H9FO. The maximum atomic E-state index is 12.1. The molecule has 0 aliphatic heterocycles. The van der Waals surface area contributed by atoms with E-state index in [0.717, 1.165) is 5.56 Å². The first-order valence-corrected chi connectivity index (χ1v) is 3.57. The molecule has 0 saturated heterocycles. The van der Waals surface area contributed by atoms with Gasteiger partial charge < -0.3 is 0 Å². The van der Waals surface area contributed by atoms with Gasteiger partial charge in [-0.1, -0.05) is 36.4 Å². The Labute approximate surface area is 70.5 Å². The van der Waals surface area contributed by atoms with Crippen molar-refractivity contribution in [1.29, 1.82) is 0 Å². The number of hydrogen-bond acceptors (Lipinski definition) is 1. The molecule has 0 amide bonds. The van der Waals surface area contributed by atoms with Crippen LogP contribution in [0, 0.1) is 6.92 Å². The van der Waals surface area contributed by atoms with Gasteiger partial charge in [0.15, 0.2) is 0 Å². The van der Waals surface area contributed by atoms with Crippen LogP contribution in [0.4, 0.5) is 4.39 Å². The maximum Gasteiger partial charge on any atom is 0.332 e. The van der Waals surface area contributed by atoms with Crippen LogP contribution in [0.3, 0.4) is 0 Å². The van der Waals surface area contributed by atoms with Gasteiger partial charge in [-0.2, -0.15) is 4.39 Å². The van der Waals surface area contributed by atoms with Crippen molar-refractivity contribution in [3.8, 4) is 0 Å². The smallest absolute Gasteiger partial charge is 0.255 e. The van der Waals surface area contributed by atoms with Gasteiger partial charge in [0.25, 0.3) is 0 Å². The number of allylic oxidation sites excluding steroid dienone is 1. The van der Waals surface area contributed by atoms with Crippen molar-refractivity contribution in [2.24, 2.45) is 0 Å². The lowest BCUT2D eigenvalue weighted by Gasteiger charge is -1.98. The minimum Gasteiger partial charge on any atom is -0.255 e. The summed E-state index contributed by atoms with van der Waals surface area (Å²) in [6.07, 6.45) is 0. The number of benzene rings is 1. The Morgan fingerprint density at radius 2 is 1.83 bits per heavy atom. The minimum atomic E-state index is -1.47. The van der Waals surface area contributed by atoms with E-state index in [1.165, 1.54) is 0 Å². The Balaban J connectivity index is 2.98. The molecule has 0 atom stereocenters. The summed E-state index contributed by atoms with van der Waals surface area (Å²) in [7, 11) is 0. The molecule has 0 fully saturated rings. The van der Waals surface area contributed by atoms with Crippen molar-refractivity contribution < 1.29 is 9.18 Å². The molecule has 1 aromatic carbocycles. The number of rotatable bonds is 2. The van der Waals surface area contributed by atoms with E-state index in [1.807, 2.05) is 19.1 Å². The summed E-state index contributed by atoms with van der Waals surface area (Å²) in [5.41, 5.74) is 1.51. The third-order valence-electron chi connectivity index (χ3n) is 1.64. The summed E-state index contributed by atoms with van der Waals surface area (Å²) in [6.45, 7) is 5.25. The molecule has 2 heteroatoms. The average molecular weight is 164 g/mol. The number of halogens is 1. The van der Waals surface area contributed by atoms with E-state index < -0.39 is 6.04 Å². The van der Waals surface area contributed by atoms with Crippen LogP contribution in [0.15, 0.2) is 30.8 Å². The molecule has 0 N–H and O–H groups in total. The number of carbonyl (C=O) groups is 1. The first-order valence-electron chi connectivity index (χ1n) is 3.57. The number of carbonyl (C=O) groups excluding carboxylic acids is 1. The van der Waals surface area contributed by atoms with Gasteiger partial charge in [0.2, 0.25) is 0 Å². The zero-order chi connectivity index (χ0) is 9.14. The molecule has 0 aliphatic carbocycles. The lowest BCUT2D eigenvalue weighted by Crippen LogP contribution is -1.91. The van der Waals surface area contributed by atoms with E-state index in [2.05, 4.69) is 6.58 Å². The Morgan fingerprint density at radius 3 is 2.25 bits per heavy atom. The molecule has 0 aliphatic rings. The molecule has 0 saturated carbocycles. The first-order chi connectivity index (χ1) is 5.61. The maximum absolute atomic E-state index is 12.1. The van der Waals surface area contributed by atoms with E-state index in [9.17, 15) is 9.18 Å². The molecule has 0 aromatic heterocycles. The predicted molar refractivity (Wildman–Crippen MR) is 46.3 cm³/mol. The molecular weight excluding hydrogens is 155 g/mol. The zero-order valence-electron chi connectivity index (χ0n) is 6.80. The van der Waals surface area contributed by atoms with Gasteiger partial charge in [0, 0.05) is 0 Å². The van der Waals surface area contributed by atoms with Crippen molar-refractivity contribution in [3.05, 3.63) is 42.0 Å². The summed E-state index contributed by atoms with van der Waals surface area (Å²) in [4.78, 5) is 10.3. The standard InChI is InChI=1S/C10H9FO/c1-7-3-5-9(6-4-7)8(2)10(11)12/h3-6H,2H2,1H3. The highest BCUT2D eigenvalue weighted by molar-refractivity contribution is 6.14. The van der Waals surface area contributed by atoms with Crippen LogP contribution in [0.2, 0.25) is 0 Å². The Morgan fingerprint density at radius 1 is 1.33 bits per heavy atom. The first kappa shape index (κ1) is 8.65. The number of aryl methyl sites for hydroxylation is 1. The fourth-order valence-corrected chi connectivity index (χ4v) is 0.868. The highest BCUT2D eigenvalue weighted by Crippen LogP contribution is 2.14.